The van der Waals surface area contributed by atoms with Gasteiger partial charge in [0, 0.05) is 31.4 Å². The molecule has 100 valence electrons. The maximum atomic E-state index is 4.40. The van der Waals surface area contributed by atoms with Gasteiger partial charge in [-0.2, -0.15) is 0 Å². The molecule has 1 saturated carbocycles. The number of imidazole rings is 1. The summed E-state index contributed by atoms with van der Waals surface area (Å²) in [4.78, 5) is 4.40. The molecule has 18 heavy (non-hydrogen) atoms. The number of rotatable bonds is 3. The molecule has 3 nitrogen and oxygen atoms in total. The average molecular weight is 247 g/mol. The van der Waals surface area contributed by atoms with Crippen molar-refractivity contribution < 1.29 is 0 Å². The maximum absolute atomic E-state index is 4.40. The molecule has 2 aliphatic rings. The van der Waals surface area contributed by atoms with Crippen LogP contribution in [0, 0.1) is 5.92 Å². The topological polar surface area (TPSA) is 29.9 Å². The van der Waals surface area contributed by atoms with Crippen LogP contribution in [0.25, 0.3) is 0 Å². The first kappa shape index (κ1) is 12.2. The zero-order chi connectivity index (χ0) is 12.2. The molecule has 2 heterocycles. The lowest BCUT2D eigenvalue weighted by molar-refractivity contribution is 0.322. The third-order valence-corrected chi connectivity index (χ3v) is 4.58. The summed E-state index contributed by atoms with van der Waals surface area (Å²) in [6.45, 7) is 2.36. The predicted molar refractivity (Wildman–Crippen MR) is 73.5 cm³/mol. The lowest BCUT2D eigenvalue weighted by Crippen LogP contribution is -2.36. The minimum atomic E-state index is 0.789. The maximum Gasteiger partial charge on any atom is 0.108 e. The van der Waals surface area contributed by atoms with Gasteiger partial charge in [0.15, 0.2) is 0 Å². The zero-order valence-electron chi connectivity index (χ0n) is 11.3. The lowest BCUT2D eigenvalue weighted by atomic mass is 9.98. The predicted octanol–water partition coefficient (Wildman–Crippen LogP) is 2.76. The summed E-state index contributed by atoms with van der Waals surface area (Å²) < 4.78 is 2.34. The fourth-order valence-corrected chi connectivity index (χ4v) is 3.42. The Morgan fingerprint density at radius 1 is 1.17 bits per heavy atom. The number of hydrogen-bond acceptors (Lipinski definition) is 2. The first-order valence-electron chi connectivity index (χ1n) is 7.65. The molecule has 1 N–H and O–H groups in total. The number of aryl methyl sites for hydroxylation is 1. The molecule has 1 aliphatic carbocycles. The number of nitrogens with one attached hydrogen (secondary N) is 1. The molecule has 0 unspecified atom stereocenters. The van der Waals surface area contributed by atoms with E-state index >= 15 is 0 Å². The van der Waals surface area contributed by atoms with Gasteiger partial charge in [0.1, 0.15) is 5.82 Å². The van der Waals surface area contributed by atoms with E-state index in [-0.39, 0.29) is 0 Å². The van der Waals surface area contributed by atoms with Gasteiger partial charge < -0.3 is 9.88 Å². The first-order valence-corrected chi connectivity index (χ1v) is 7.65. The van der Waals surface area contributed by atoms with Gasteiger partial charge in [0.05, 0.1) is 0 Å². The number of nitrogens with zero attached hydrogens (tertiary/aromatic N) is 2. The van der Waals surface area contributed by atoms with Gasteiger partial charge in [-0.3, -0.25) is 0 Å². The van der Waals surface area contributed by atoms with Gasteiger partial charge >= 0.3 is 0 Å². The van der Waals surface area contributed by atoms with E-state index in [1.807, 2.05) is 6.20 Å². The summed E-state index contributed by atoms with van der Waals surface area (Å²) in [5.74, 6) is 2.08. The van der Waals surface area contributed by atoms with Crippen LogP contribution in [0.2, 0.25) is 0 Å². The van der Waals surface area contributed by atoms with Gasteiger partial charge in [-0.15, -0.1) is 0 Å². The van der Waals surface area contributed by atoms with E-state index in [0.717, 1.165) is 24.9 Å². The van der Waals surface area contributed by atoms with E-state index in [1.54, 1.807) is 0 Å². The van der Waals surface area contributed by atoms with Crippen molar-refractivity contribution in [2.24, 2.45) is 5.92 Å². The quantitative estimate of drug-likeness (QED) is 0.832. The molecule has 0 amide bonds. The van der Waals surface area contributed by atoms with Crippen molar-refractivity contribution in [3.8, 4) is 0 Å². The van der Waals surface area contributed by atoms with Crippen molar-refractivity contribution >= 4 is 0 Å². The highest BCUT2D eigenvalue weighted by atomic mass is 15.1. The average Bonchev–Trinajstić information content (AvgIpc) is 2.70. The van der Waals surface area contributed by atoms with E-state index in [2.05, 4.69) is 21.1 Å². The summed E-state index contributed by atoms with van der Waals surface area (Å²) >= 11 is 0. The normalized spacial score (nSPS) is 25.7. The summed E-state index contributed by atoms with van der Waals surface area (Å²) in [6, 6.07) is 0.789. The monoisotopic (exact) mass is 247 g/mol. The standard InChI is InChI=1S/C15H25N3/c1-2-4-6-14(5-3-1)17-11-13-7-8-15-16-9-10-18(15)12-13/h9-10,13-14,17H,1-8,11-12H2/t13-/m1/s1. The third kappa shape index (κ3) is 2.94. The second-order valence-corrected chi connectivity index (χ2v) is 6.00. The van der Waals surface area contributed by atoms with Crippen LogP contribution in [0.1, 0.15) is 50.8 Å². The molecule has 3 rings (SSSR count). The summed E-state index contributed by atoms with van der Waals surface area (Å²) in [7, 11) is 0. The van der Waals surface area contributed by atoms with Gasteiger partial charge in [-0.05, 0) is 31.7 Å². The molecule has 1 aromatic heterocycles. The van der Waals surface area contributed by atoms with E-state index in [9.17, 15) is 0 Å². The van der Waals surface area contributed by atoms with Gasteiger partial charge in [0.25, 0.3) is 0 Å². The third-order valence-electron chi connectivity index (χ3n) is 4.58. The smallest absolute Gasteiger partial charge is 0.108 e. The second kappa shape index (κ2) is 5.87. The van der Waals surface area contributed by atoms with Crippen LogP contribution < -0.4 is 5.32 Å². The van der Waals surface area contributed by atoms with Crippen molar-refractivity contribution in [3.63, 3.8) is 0 Å². The molecule has 1 atom stereocenters. The molecule has 1 fully saturated rings. The summed E-state index contributed by atoms with van der Waals surface area (Å²) in [5.41, 5.74) is 0. The second-order valence-electron chi connectivity index (χ2n) is 6.00. The van der Waals surface area contributed by atoms with Gasteiger partial charge in [-0.25, -0.2) is 4.98 Å². The lowest BCUT2D eigenvalue weighted by Gasteiger charge is -2.26. The van der Waals surface area contributed by atoms with Crippen LogP contribution in [0.4, 0.5) is 0 Å². The van der Waals surface area contributed by atoms with Crippen molar-refractivity contribution in [1.29, 1.82) is 0 Å². The van der Waals surface area contributed by atoms with E-state index in [4.69, 9.17) is 0 Å². The van der Waals surface area contributed by atoms with Gasteiger partial charge in [-0.1, -0.05) is 25.7 Å². The Morgan fingerprint density at radius 3 is 2.83 bits per heavy atom. The first-order chi connectivity index (χ1) is 8.92. The fourth-order valence-electron chi connectivity index (χ4n) is 3.42. The zero-order valence-corrected chi connectivity index (χ0v) is 11.3. The van der Waals surface area contributed by atoms with Crippen LogP contribution in [-0.4, -0.2) is 22.1 Å². The summed E-state index contributed by atoms with van der Waals surface area (Å²) in [5, 5.41) is 3.82. The van der Waals surface area contributed by atoms with Crippen LogP contribution in [0.5, 0.6) is 0 Å². The van der Waals surface area contributed by atoms with Crippen molar-refractivity contribution in [3.05, 3.63) is 18.2 Å². The molecule has 0 aromatic carbocycles. The molecule has 0 spiro atoms. The fraction of sp³-hybridized carbons (Fsp3) is 0.800. The molecule has 0 radical (unpaired) electrons. The van der Waals surface area contributed by atoms with E-state index in [1.165, 1.54) is 57.3 Å². The Bertz CT molecular complexity index is 364. The largest absolute Gasteiger partial charge is 0.335 e. The molecule has 0 bridgehead atoms. The highest BCUT2D eigenvalue weighted by molar-refractivity contribution is 4.97. The Balaban J connectivity index is 1.46. The van der Waals surface area contributed by atoms with Crippen molar-refractivity contribution in [1.82, 2.24) is 14.9 Å². The minimum absolute atomic E-state index is 0.789. The summed E-state index contributed by atoms with van der Waals surface area (Å²) in [6.07, 6.45) is 15.1. The number of aromatic nitrogens is 2. The molecule has 1 aromatic rings. The van der Waals surface area contributed by atoms with Crippen molar-refractivity contribution in [2.45, 2.75) is 64.0 Å². The highest BCUT2D eigenvalue weighted by Crippen LogP contribution is 2.20. The number of fused-ring (bicyclic) bond motifs is 1. The van der Waals surface area contributed by atoms with Crippen LogP contribution >= 0.6 is 0 Å². The van der Waals surface area contributed by atoms with E-state index < -0.39 is 0 Å². The minimum Gasteiger partial charge on any atom is -0.335 e. The SMILES string of the molecule is c1cn2c(n1)CC[C@H](CNC1CCCCCC1)C2. The number of hydrogen-bond donors (Lipinski definition) is 1. The van der Waals surface area contributed by atoms with Gasteiger partial charge in [0.2, 0.25) is 0 Å². The molecule has 0 saturated heterocycles. The molecule has 3 heteroatoms. The van der Waals surface area contributed by atoms with Crippen molar-refractivity contribution in [2.75, 3.05) is 6.54 Å². The van der Waals surface area contributed by atoms with Crippen LogP contribution in [0.15, 0.2) is 12.4 Å². The molecular weight excluding hydrogens is 222 g/mol. The molecular formula is C15H25N3. The Morgan fingerprint density at radius 2 is 2.00 bits per heavy atom. The van der Waals surface area contributed by atoms with Crippen LogP contribution in [-0.2, 0) is 13.0 Å². The Labute approximate surface area is 110 Å². The highest BCUT2D eigenvalue weighted by Gasteiger charge is 2.20. The van der Waals surface area contributed by atoms with E-state index in [0.29, 0.717) is 0 Å². The van der Waals surface area contributed by atoms with Crippen LogP contribution in [0.3, 0.4) is 0 Å². The molecule has 1 aliphatic heterocycles. The Kier molecular flexibility index (Phi) is 3.99. The Hall–Kier alpha value is -0.830.